The van der Waals surface area contributed by atoms with Crippen molar-refractivity contribution >= 4 is 47.1 Å². The van der Waals surface area contributed by atoms with Crippen LogP contribution in [0.15, 0.2) is 120 Å². The zero-order valence-corrected chi connectivity index (χ0v) is 41.9. The van der Waals surface area contributed by atoms with E-state index < -0.39 is 71.3 Å². The van der Waals surface area contributed by atoms with Crippen molar-refractivity contribution in [2.24, 2.45) is 5.92 Å². The van der Waals surface area contributed by atoms with Crippen LogP contribution in [0.4, 0.5) is 47.3 Å². The molecular weight excluding hydrogens is 1030 g/mol. The minimum Gasteiger partial charge on any atom is -0.544 e. The molecule has 2 unspecified atom stereocenters. The van der Waals surface area contributed by atoms with Crippen LogP contribution in [-0.2, 0) is 31.5 Å². The van der Waals surface area contributed by atoms with Crippen LogP contribution in [0, 0.1) is 28.6 Å². The van der Waals surface area contributed by atoms with Gasteiger partial charge >= 0.3 is 24.4 Å². The summed E-state index contributed by atoms with van der Waals surface area (Å²) < 4.78 is 83.7. The Kier molecular flexibility index (Phi) is 14.8. The van der Waals surface area contributed by atoms with Crippen LogP contribution in [0.25, 0.3) is 0 Å². The van der Waals surface area contributed by atoms with Crippen molar-refractivity contribution in [1.82, 2.24) is 25.3 Å². The van der Waals surface area contributed by atoms with Gasteiger partial charge in [0.2, 0.25) is 5.91 Å². The Morgan fingerprint density at radius 2 is 1.13 bits per heavy atom. The molecule has 5 aliphatic rings. The van der Waals surface area contributed by atoms with Crippen molar-refractivity contribution in [3.63, 3.8) is 0 Å². The number of anilines is 2. The minimum atomic E-state index is -4.75. The third-order valence-corrected chi connectivity index (χ3v) is 14.8. The molecule has 9 rings (SSSR count). The molecule has 23 heteroatoms. The summed E-state index contributed by atoms with van der Waals surface area (Å²) in [6.45, 7) is -0.0121. The first-order valence-electron chi connectivity index (χ1n) is 25.0. The molecular formula is C55H50F6N10O7. The summed E-state index contributed by atoms with van der Waals surface area (Å²) in [5.41, 5.74) is -0.386. The summed E-state index contributed by atoms with van der Waals surface area (Å²) in [5.74, 6) is -3.30. The number of nitriles is 2. The summed E-state index contributed by atoms with van der Waals surface area (Å²) in [6.07, 6.45) is -8.25. The van der Waals surface area contributed by atoms with E-state index in [2.05, 4.69) is 10.6 Å². The molecule has 4 aromatic rings. The number of carboxylic acids is 1. The highest BCUT2D eigenvalue weighted by molar-refractivity contribution is 6.08. The van der Waals surface area contributed by atoms with Gasteiger partial charge in [0.15, 0.2) is 0 Å². The maximum absolute atomic E-state index is 14.7. The van der Waals surface area contributed by atoms with Gasteiger partial charge in [-0.3, -0.25) is 24.2 Å². The number of nitrogens with one attached hydrogen (secondary N) is 2. The number of amides is 7. The second-order valence-electron chi connectivity index (χ2n) is 20.1. The molecule has 17 nitrogen and oxygen atoms in total. The average molecular weight is 1080 g/mol. The maximum atomic E-state index is 14.7. The molecule has 5 aliphatic heterocycles. The summed E-state index contributed by atoms with van der Waals surface area (Å²) in [4.78, 5) is 89.9. The van der Waals surface area contributed by atoms with Crippen LogP contribution < -0.4 is 25.5 Å². The third-order valence-electron chi connectivity index (χ3n) is 14.8. The number of quaternary nitrogens is 1. The number of hydrogen-bond acceptors (Lipinski definition) is 9. The molecule has 0 saturated carbocycles. The lowest BCUT2D eigenvalue weighted by atomic mass is 9.94. The zero-order valence-electron chi connectivity index (χ0n) is 41.9. The van der Waals surface area contributed by atoms with Crippen LogP contribution in [0.2, 0.25) is 0 Å². The quantitative estimate of drug-likeness (QED) is 0.104. The van der Waals surface area contributed by atoms with Crippen molar-refractivity contribution in [2.75, 3.05) is 75.8 Å². The van der Waals surface area contributed by atoms with Crippen molar-refractivity contribution in [3.8, 4) is 12.1 Å². The Labute approximate surface area is 443 Å². The number of piperidine rings is 1. The Morgan fingerprint density at radius 1 is 0.692 bits per heavy atom. The van der Waals surface area contributed by atoms with E-state index in [1.807, 2.05) is 12.1 Å². The number of likely N-dealkylation sites (tertiary alicyclic amines) is 1. The minimum absolute atomic E-state index is 0.00611. The number of halogens is 6. The number of rotatable bonds is 15. The van der Waals surface area contributed by atoms with E-state index >= 15 is 0 Å². The van der Waals surface area contributed by atoms with E-state index in [-0.39, 0.29) is 110 Å². The van der Waals surface area contributed by atoms with E-state index in [1.165, 1.54) is 46.2 Å². The molecule has 1 saturated heterocycles. The van der Waals surface area contributed by atoms with Gasteiger partial charge in [-0.05, 0) is 97.5 Å². The molecule has 7 amide bonds. The number of hydrogen-bond donors (Lipinski definition) is 2. The number of aliphatic carboxylic acids is 1. The van der Waals surface area contributed by atoms with E-state index in [0.717, 1.165) is 46.2 Å². The van der Waals surface area contributed by atoms with Gasteiger partial charge in [0.25, 0.3) is 11.8 Å². The molecule has 1 fully saturated rings. The van der Waals surface area contributed by atoms with Gasteiger partial charge in [0, 0.05) is 26.2 Å². The van der Waals surface area contributed by atoms with Crippen LogP contribution in [0.3, 0.4) is 0 Å². The smallest absolute Gasteiger partial charge is 0.416 e. The van der Waals surface area contributed by atoms with Gasteiger partial charge in [-0.15, -0.1) is 0 Å². The number of benzene rings is 4. The molecule has 2 N–H and O–H groups in total. The van der Waals surface area contributed by atoms with E-state index in [9.17, 15) is 70.7 Å². The van der Waals surface area contributed by atoms with Gasteiger partial charge in [-0.1, -0.05) is 36.4 Å². The maximum Gasteiger partial charge on any atom is 0.416 e. The molecule has 404 valence electrons. The summed E-state index contributed by atoms with van der Waals surface area (Å²) in [7, 11) is 1.72. The molecule has 0 bridgehead atoms. The zero-order chi connectivity index (χ0) is 55.8. The number of carboxylic acid groups (broad SMARTS) is 1. The lowest BCUT2D eigenvalue weighted by Crippen LogP contribution is -2.58. The van der Waals surface area contributed by atoms with Gasteiger partial charge in [0.05, 0.1) is 126 Å². The topological polar surface area (TPSA) is 213 Å². The first kappa shape index (κ1) is 54.1. The number of likely N-dealkylation sites (N-methyl/N-ethyl adjacent to an activating group) is 1. The Hall–Kier alpha value is -8.70. The Morgan fingerprint density at radius 3 is 1.53 bits per heavy atom. The number of urea groups is 2. The highest BCUT2D eigenvalue weighted by Crippen LogP contribution is 2.43. The fraction of sp³-hybridized carbons (Fsp3) is 0.345. The average Bonchev–Trinajstić information content (AvgIpc) is 3.92. The molecule has 0 radical (unpaired) electrons. The lowest BCUT2D eigenvalue weighted by Gasteiger charge is -2.42. The first-order chi connectivity index (χ1) is 37.1. The highest BCUT2D eigenvalue weighted by Gasteiger charge is 2.47. The molecule has 5 heterocycles. The van der Waals surface area contributed by atoms with Crippen molar-refractivity contribution < 1.29 is 64.7 Å². The van der Waals surface area contributed by atoms with Crippen LogP contribution >= 0.6 is 0 Å². The van der Waals surface area contributed by atoms with Crippen LogP contribution in [0.5, 0.6) is 0 Å². The third kappa shape index (κ3) is 11.0. The Bertz CT molecular complexity index is 3050. The molecule has 4 atom stereocenters. The highest BCUT2D eigenvalue weighted by atomic mass is 19.4. The van der Waals surface area contributed by atoms with E-state index in [1.54, 1.807) is 36.2 Å². The monoisotopic (exact) mass is 1080 g/mol. The molecule has 4 aromatic carbocycles. The van der Waals surface area contributed by atoms with Gasteiger partial charge in [-0.25, -0.2) is 9.59 Å². The largest absolute Gasteiger partial charge is 0.544 e. The number of carbonyl (C=O) groups excluding carboxylic acids is 6. The molecule has 0 aromatic heterocycles. The summed E-state index contributed by atoms with van der Waals surface area (Å²) >= 11 is 0. The lowest BCUT2D eigenvalue weighted by molar-refractivity contribution is -0.911. The van der Waals surface area contributed by atoms with Crippen molar-refractivity contribution in [1.29, 1.82) is 10.5 Å². The molecule has 0 aliphatic carbocycles. The predicted octanol–water partition coefficient (Wildman–Crippen LogP) is 6.12. The van der Waals surface area contributed by atoms with Crippen molar-refractivity contribution in [2.45, 2.75) is 50.1 Å². The standard InChI is InChI=1S/C55H50F6N10O7/c1-71(32-44(72)73)24-4-7-37(31-71)49(74)66(20-5-22-67-29-42-45(50(67)75)47(35-16-12-33(27-62)13-17-35)64-52(77)69(42)40-10-2-8-38(25-40)54(56,57)58)21-6-23-68-30-43-46(51(68)76)48(36-18-14-34(28-63)15-19-36)65-53(78)70(43)41-11-3-9-39(26-41)55(59,60)61/h2-3,8-19,25-26,37,47-48H,4-7,20-24,29-32H2,1H3,(H2-,64,65,72,73,77,78)/t37?,47-,48-,71?/m1/s1. The van der Waals surface area contributed by atoms with Crippen LogP contribution in [0.1, 0.15) is 71.1 Å². The summed E-state index contributed by atoms with van der Waals surface area (Å²) in [6, 6.07) is 20.9. The number of nitrogens with zero attached hydrogens (tertiary/aromatic N) is 8. The second kappa shape index (κ2) is 21.4. The van der Waals surface area contributed by atoms with E-state index in [4.69, 9.17) is 0 Å². The number of alkyl halides is 6. The SMILES string of the molecule is C[N+]1(CC(=O)[O-])CCCC(C(=O)N(CCCN2CC3=C(C2=O)[C@@H](c2ccc(C#N)cc2)NC(=O)N3c2cccc(C(F)(F)F)c2)CCCN2CC3=C(C2=O)[C@@H](c2ccc(C#N)cc2)NC(=O)N3c2cccc(C(F)(F)F)c2)C1. The van der Waals surface area contributed by atoms with E-state index in [0.29, 0.717) is 41.6 Å². The number of carbonyl (C=O) groups is 6. The summed E-state index contributed by atoms with van der Waals surface area (Å²) in [5, 5.41) is 36.2. The Balaban J connectivity index is 0.962. The van der Waals surface area contributed by atoms with Crippen LogP contribution in [-0.4, -0.2) is 121 Å². The normalized spacial score (nSPS) is 21.5. The molecule has 0 spiro atoms. The second-order valence-corrected chi connectivity index (χ2v) is 20.1. The molecule has 78 heavy (non-hydrogen) atoms. The van der Waals surface area contributed by atoms with Gasteiger partial charge < -0.3 is 39.7 Å². The van der Waals surface area contributed by atoms with Gasteiger partial charge in [0.1, 0.15) is 6.54 Å². The fourth-order valence-electron chi connectivity index (χ4n) is 11.1. The predicted molar refractivity (Wildman–Crippen MR) is 264 cm³/mol. The first-order valence-corrected chi connectivity index (χ1v) is 25.0. The fourth-order valence-corrected chi connectivity index (χ4v) is 11.1. The van der Waals surface area contributed by atoms with Gasteiger partial charge in [-0.2, -0.15) is 36.9 Å². The van der Waals surface area contributed by atoms with Crippen molar-refractivity contribution in [3.05, 3.63) is 153 Å².